The number of nitrogens with one attached hydrogen (secondary N) is 2. The van der Waals surface area contributed by atoms with Gasteiger partial charge in [-0.2, -0.15) is 0 Å². The molecule has 0 aliphatic carbocycles. The van der Waals surface area contributed by atoms with Gasteiger partial charge in [0.05, 0.1) is 6.42 Å². The lowest BCUT2D eigenvalue weighted by molar-refractivity contribution is -0.136. The SMILES string of the molecule is CC(CCNc1ccc(-c2nnc(-c3ccccc3)o2)cc1)Cc1ccc(C(=O)NCCC(=O)O)cc1. The molecular formula is C29H30N4O4. The largest absolute Gasteiger partial charge is 0.481 e. The van der Waals surface area contributed by atoms with Crippen molar-refractivity contribution in [3.05, 3.63) is 90.0 Å². The van der Waals surface area contributed by atoms with E-state index in [0.29, 0.717) is 23.3 Å². The first-order valence-corrected chi connectivity index (χ1v) is 12.3. The van der Waals surface area contributed by atoms with Crippen LogP contribution in [0.5, 0.6) is 0 Å². The molecule has 190 valence electrons. The predicted molar refractivity (Wildman–Crippen MR) is 142 cm³/mol. The van der Waals surface area contributed by atoms with Crippen molar-refractivity contribution in [3.63, 3.8) is 0 Å². The van der Waals surface area contributed by atoms with Crippen LogP contribution in [0.3, 0.4) is 0 Å². The van der Waals surface area contributed by atoms with Crippen LogP contribution in [0.1, 0.15) is 35.7 Å². The number of rotatable bonds is 12. The molecule has 0 aliphatic heterocycles. The zero-order chi connectivity index (χ0) is 26.0. The quantitative estimate of drug-likeness (QED) is 0.243. The van der Waals surface area contributed by atoms with Gasteiger partial charge in [0.25, 0.3) is 5.91 Å². The number of nitrogens with zero attached hydrogens (tertiary/aromatic N) is 2. The van der Waals surface area contributed by atoms with Crippen LogP contribution in [0.2, 0.25) is 0 Å². The average molecular weight is 499 g/mol. The Hall–Kier alpha value is -4.46. The van der Waals surface area contributed by atoms with Crippen LogP contribution >= 0.6 is 0 Å². The second-order valence-corrected chi connectivity index (χ2v) is 8.98. The first-order valence-electron chi connectivity index (χ1n) is 12.3. The number of benzene rings is 3. The highest BCUT2D eigenvalue weighted by atomic mass is 16.4. The van der Waals surface area contributed by atoms with Crippen LogP contribution < -0.4 is 10.6 Å². The molecule has 0 saturated heterocycles. The van der Waals surface area contributed by atoms with Gasteiger partial charge in [0.15, 0.2) is 0 Å². The summed E-state index contributed by atoms with van der Waals surface area (Å²) in [5, 5.41) is 23.1. The summed E-state index contributed by atoms with van der Waals surface area (Å²) in [5.74, 6) is 0.254. The summed E-state index contributed by atoms with van der Waals surface area (Å²) in [6.07, 6.45) is 1.81. The minimum atomic E-state index is -0.933. The standard InChI is InChI=1S/C29H30N4O4/c1-20(19-21-7-9-22(10-8-21)27(36)31-18-16-26(34)35)15-17-30-25-13-11-24(12-14-25)29-33-32-28(37-29)23-5-3-2-4-6-23/h2-14,20,30H,15-19H2,1H3,(H,31,36)(H,34,35). The van der Waals surface area contributed by atoms with Crippen molar-refractivity contribution in [2.75, 3.05) is 18.4 Å². The molecule has 0 fully saturated rings. The molecule has 1 heterocycles. The van der Waals surface area contributed by atoms with Gasteiger partial charge in [-0.1, -0.05) is 37.3 Å². The van der Waals surface area contributed by atoms with Crippen molar-refractivity contribution in [2.45, 2.75) is 26.2 Å². The van der Waals surface area contributed by atoms with Crippen molar-refractivity contribution in [1.82, 2.24) is 15.5 Å². The Kier molecular flexibility index (Phi) is 8.65. The fraction of sp³-hybridized carbons (Fsp3) is 0.241. The minimum Gasteiger partial charge on any atom is -0.481 e. The fourth-order valence-electron chi connectivity index (χ4n) is 3.91. The molecule has 0 saturated carbocycles. The highest BCUT2D eigenvalue weighted by molar-refractivity contribution is 5.94. The summed E-state index contributed by atoms with van der Waals surface area (Å²) in [6, 6.07) is 25.1. The summed E-state index contributed by atoms with van der Waals surface area (Å²) in [7, 11) is 0. The van der Waals surface area contributed by atoms with Crippen LogP contribution in [0, 0.1) is 5.92 Å². The number of carbonyl (C=O) groups is 2. The summed E-state index contributed by atoms with van der Waals surface area (Å²) in [4.78, 5) is 22.6. The molecule has 4 rings (SSSR count). The van der Waals surface area contributed by atoms with E-state index in [-0.39, 0.29) is 18.9 Å². The Bertz CT molecular complexity index is 1300. The molecule has 3 aromatic carbocycles. The van der Waals surface area contributed by atoms with Gasteiger partial charge >= 0.3 is 5.97 Å². The molecule has 0 radical (unpaired) electrons. The number of hydrogen-bond acceptors (Lipinski definition) is 6. The Morgan fingerprint density at radius 2 is 1.51 bits per heavy atom. The molecule has 1 unspecified atom stereocenters. The van der Waals surface area contributed by atoms with E-state index in [1.807, 2.05) is 66.7 Å². The lowest BCUT2D eigenvalue weighted by Gasteiger charge is -2.13. The molecule has 0 aliphatic rings. The first-order chi connectivity index (χ1) is 18.0. The molecule has 1 amide bonds. The highest BCUT2D eigenvalue weighted by Gasteiger charge is 2.11. The zero-order valence-electron chi connectivity index (χ0n) is 20.7. The van der Waals surface area contributed by atoms with Gasteiger partial charge in [-0.3, -0.25) is 9.59 Å². The van der Waals surface area contributed by atoms with Gasteiger partial charge in [0.2, 0.25) is 11.8 Å². The normalized spacial score (nSPS) is 11.6. The number of amides is 1. The van der Waals surface area contributed by atoms with Gasteiger partial charge in [0.1, 0.15) is 0 Å². The van der Waals surface area contributed by atoms with E-state index in [9.17, 15) is 9.59 Å². The number of anilines is 1. The topological polar surface area (TPSA) is 117 Å². The second-order valence-electron chi connectivity index (χ2n) is 8.98. The van der Waals surface area contributed by atoms with Gasteiger partial charge in [0, 0.05) is 35.5 Å². The Morgan fingerprint density at radius 1 is 0.865 bits per heavy atom. The molecule has 8 nitrogen and oxygen atoms in total. The van der Waals surface area contributed by atoms with E-state index < -0.39 is 5.97 Å². The summed E-state index contributed by atoms with van der Waals surface area (Å²) in [6.45, 7) is 3.16. The van der Waals surface area contributed by atoms with Crippen LogP contribution in [0.25, 0.3) is 22.9 Å². The zero-order valence-corrected chi connectivity index (χ0v) is 20.7. The summed E-state index contributed by atoms with van der Waals surface area (Å²) < 4.78 is 5.82. The van der Waals surface area contributed by atoms with Gasteiger partial charge < -0.3 is 20.2 Å². The van der Waals surface area contributed by atoms with Gasteiger partial charge in [-0.15, -0.1) is 10.2 Å². The smallest absolute Gasteiger partial charge is 0.305 e. The maximum Gasteiger partial charge on any atom is 0.305 e. The van der Waals surface area contributed by atoms with Crippen LogP contribution in [-0.4, -0.2) is 40.3 Å². The number of carboxylic acids is 1. The molecule has 0 bridgehead atoms. The predicted octanol–water partition coefficient (Wildman–Crippen LogP) is 5.29. The highest BCUT2D eigenvalue weighted by Crippen LogP contribution is 2.25. The molecule has 8 heteroatoms. The Balaban J connectivity index is 1.21. The molecule has 1 atom stereocenters. The van der Waals surface area contributed by atoms with Crippen LogP contribution in [-0.2, 0) is 11.2 Å². The third-order valence-corrected chi connectivity index (χ3v) is 5.97. The summed E-state index contributed by atoms with van der Waals surface area (Å²) in [5.41, 5.74) is 4.48. The van der Waals surface area contributed by atoms with E-state index in [1.54, 1.807) is 12.1 Å². The lowest BCUT2D eigenvalue weighted by Crippen LogP contribution is -2.25. The molecular weight excluding hydrogens is 468 g/mol. The van der Waals surface area contributed by atoms with E-state index in [2.05, 4.69) is 27.8 Å². The van der Waals surface area contributed by atoms with Crippen molar-refractivity contribution >= 4 is 17.6 Å². The third-order valence-electron chi connectivity index (χ3n) is 5.97. The van der Waals surface area contributed by atoms with E-state index >= 15 is 0 Å². The minimum absolute atomic E-state index is 0.0895. The fourth-order valence-corrected chi connectivity index (χ4v) is 3.91. The van der Waals surface area contributed by atoms with Crippen molar-refractivity contribution < 1.29 is 19.1 Å². The monoisotopic (exact) mass is 498 g/mol. The van der Waals surface area contributed by atoms with E-state index in [1.165, 1.54) is 0 Å². The number of carbonyl (C=O) groups excluding carboxylic acids is 1. The Morgan fingerprint density at radius 3 is 2.16 bits per heavy atom. The Labute approximate surface area is 215 Å². The molecule has 4 aromatic rings. The lowest BCUT2D eigenvalue weighted by atomic mass is 9.97. The second kappa shape index (κ2) is 12.5. The van der Waals surface area contributed by atoms with Crippen molar-refractivity contribution in [2.24, 2.45) is 5.92 Å². The van der Waals surface area contributed by atoms with Crippen LogP contribution in [0.15, 0.2) is 83.3 Å². The van der Waals surface area contributed by atoms with Gasteiger partial charge in [-0.25, -0.2) is 0 Å². The first kappa shape index (κ1) is 25.6. The van der Waals surface area contributed by atoms with E-state index in [4.69, 9.17) is 9.52 Å². The maximum atomic E-state index is 12.1. The summed E-state index contributed by atoms with van der Waals surface area (Å²) >= 11 is 0. The third kappa shape index (κ3) is 7.51. The average Bonchev–Trinajstić information content (AvgIpc) is 3.40. The van der Waals surface area contributed by atoms with Crippen LogP contribution in [0.4, 0.5) is 5.69 Å². The number of aliphatic carboxylic acids is 1. The molecule has 0 spiro atoms. The number of hydrogen-bond donors (Lipinski definition) is 3. The van der Waals surface area contributed by atoms with Crippen molar-refractivity contribution in [1.29, 1.82) is 0 Å². The van der Waals surface area contributed by atoms with E-state index in [0.717, 1.165) is 41.8 Å². The van der Waals surface area contributed by atoms with Crippen molar-refractivity contribution in [3.8, 4) is 22.9 Å². The van der Waals surface area contributed by atoms with Gasteiger partial charge in [-0.05, 0) is 72.9 Å². The number of carboxylic acid groups (broad SMARTS) is 1. The molecule has 3 N–H and O–H groups in total. The molecule has 37 heavy (non-hydrogen) atoms. The number of aromatic nitrogens is 2. The molecule has 1 aromatic heterocycles. The maximum absolute atomic E-state index is 12.1.